The SMILES string of the molecule is C=CC([NH-])=O.C=CC[N+](C)(C)CC=C.C=CC[N+](C)(C)CC=C.CC(C)=O.CC(C)=O.[Cl-]. The molecule has 0 rings (SSSR count). The number of amides is 1. The summed E-state index contributed by atoms with van der Waals surface area (Å²) in [5.41, 5.74) is 6.07. The van der Waals surface area contributed by atoms with E-state index in [0.717, 1.165) is 41.2 Å². The smallest absolute Gasteiger partial charge is 0.126 e. The molecule has 0 bridgehead atoms. The zero-order valence-electron chi connectivity index (χ0n) is 21.7. The molecule has 0 unspecified atom stereocenters. The average molecular weight is 474 g/mol. The number of nitrogens with zero attached hydrogens (tertiary/aromatic N) is 2. The maximum Gasteiger partial charge on any atom is 0.126 e. The second-order valence-corrected chi connectivity index (χ2v) is 8.14. The lowest BCUT2D eigenvalue weighted by molar-refractivity contribution is -0.878. The van der Waals surface area contributed by atoms with Crippen molar-refractivity contribution in [1.29, 1.82) is 0 Å². The van der Waals surface area contributed by atoms with E-state index < -0.39 is 5.91 Å². The second kappa shape index (κ2) is 28.7. The number of carbonyl (C=O) groups is 3. The first-order valence-electron chi connectivity index (χ1n) is 9.88. The Balaban J connectivity index is -0.0000000688. The number of ketones is 2. The summed E-state index contributed by atoms with van der Waals surface area (Å²) in [6.45, 7) is 27.9. The molecule has 32 heavy (non-hydrogen) atoms. The number of quaternary nitrogens is 2. The van der Waals surface area contributed by atoms with Gasteiger partial charge in [-0.15, -0.1) is 0 Å². The fourth-order valence-corrected chi connectivity index (χ4v) is 1.55. The minimum absolute atomic E-state index is 0. The number of carbonyl (C=O) groups excluding carboxylic acids is 3. The van der Waals surface area contributed by atoms with Crippen molar-refractivity contribution in [3.8, 4) is 0 Å². The van der Waals surface area contributed by atoms with Crippen LogP contribution in [0.25, 0.3) is 5.73 Å². The lowest BCUT2D eigenvalue weighted by Crippen LogP contribution is -3.00. The van der Waals surface area contributed by atoms with Gasteiger partial charge in [-0.25, -0.2) is 0 Å². The third-order valence-electron chi connectivity index (χ3n) is 2.68. The van der Waals surface area contributed by atoms with Crippen LogP contribution in [-0.4, -0.2) is 80.8 Å². The Morgan fingerprint density at radius 3 is 0.812 bits per heavy atom. The van der Waals surface area contributed by atoms with Crippen molar-refractivity contribution in [2.45, 2.75) is 27.7 Å². The van der Waals surface area contributed by atoms with Crippen LogP contribution in [-0.2, 0) is 14.4 Å². The second-order valence-electron chi connectivity index (χ2n) is 8.14. The Kier molecular flexibility index (Phi) is 39.1. The zero-order chi connectivity index (χ0) is 26.1. The van der Waals surface area contributed by atoms with Crippen molar-refractivity contribution >= 4 is 17.5 Å². The first kappa shape index (κ1) is 43.6. The van der Waals surface area contributed by atoms with Crippen LogP contribution in [0.15, 0.2) is 63.3 Å². The fraction of sp³-hybridized carbons (Fsp3) is 0.480. The minimum Gasteiger partial charge on any atom is -1.00 e. The summed E-state index contributed by atoms with van der Waals surface area (Å²) in [6, 6.07) is 0. The lowest BCUT2D eigenvalue weighted by Gasteiger charge is -2.26. The van der Waals surface area contributed by atoms with Crippen molar-refractivity contribution < 1.29 is 35.8 Å². The van der Waals surface area contributed by atoms with E-state index in [2.05, 4.69) is 61.1 Å². The van der Waals surface area contributed by atoms with Gasteiger partial charge >= 0.3 is 0 Å². The molecule has 0 saturated carbocycles. The van der Waals surface area contributed by atoms with Crippen LogP contribution >= 0.6 is 0 Å². The van der Waals surface area contributed by atoms with Crippen LogP contribution in [0.2, 0.25) is 0 Å². The monoisotopic (exact) mass is 473 g/mol. The summed E-state index contributed by atoms with van der Waals surface area (Å²) < 4.78 is 1.90. The van der Waals surface area contributed by atoms with Gasteiger partial charge in [-0.1, -0.05) is 32.9 Å². The van der Waals surface area contributed by atoms with Gasteiger partial charge in [0.2, 0.25) is 0 Å². The Morgan fingerprint density at radius 2 is 0.750 bits per heavy atom. The summed E-state index contributed by atoms with van der Waals surface area (Å²) in [4.78, 5) is 28.2. The molecule has 0 aliphatic heterocycles. The average Bonchev–Trinajstić information content (AvgIpc) is 2.54. The predicted molar refractivity (Wildman–Crippen MR) is 137 cm³/mol. The predicted octanol–water partition coefficient (Wildman–Crippen LogP) is 1.82. The summed E-state index contributed by atoms with van der Waals surface area (Å²) in [5, 5.41) is 0. The Hall–Kier alpha value is -2.28. The number of likely N-dealkylation sites (N-methyl/N-ethyl adjacent to an activating group) is 2. The standard InChI is InChI=1S/2C8H16N.C3H5NO.2C3H6O.ClH/c2*1-5-7-9(3,4)8-6-2;1-2-3(4)5;2*1-3(2)4;/h2*5-6H,1-2,7-8H2,3-4H3;2H,1H2,(H2,4,5);2*1-2H3;1H/q2*+1;;;;/p-2. The van der Waals surface area contributed by atoms with Crippen molar-refractivity contribution in [2.75, 3.05) is 54.4 Å². The molecule has 0 aromatic carbocycles. The summed E-state index contributed by atoms with van der Waals surface area (Å²) in [5.74, 6) is -0.398. The van der Waals surface area contributed by atoms with Crippen LogP contribution in [0.5, 0.6) is 0 Å². The molecule has 0 aliphatic carbocycles. The van der Waals surface area contributed by atoms with Gasteiger partial charge in [-0.3, -0.25) is 0 Å². The lowest BCUT2D eigenvalue weighted by atomic mass is 10.4. The number of hydrogen-bond donors (Lipinski definition) is 0. The topological polar surface area (TPSA) is 75.0 Å². The van der Waals surface area contributed by atoms with Gasteiger partial charge in [0, 0.05) is 0 Å². The first-order valence-corrected chi connectivity index (χ1v) is 9.88. The van der Waals surface area contributed by atoms with E-state index in [1.807, 2.05) is 24.3 Å². The molecule has 0 radical (unpaired) electrons. The van der Waals surface area contributed by atoms with Crippen LogP contribution in [0.4, 0.5) is 0 Å². The maximum atomic E-state index is 9.44. The van der Waals surface area contributed by atoms with Gasteiger partial charge in [0.15, 0.2) is 0 Å². The minimum atomic E-state index is -0.731. The molecule has 6 nitrogen and oxygen atoms in total. The van der Waals surface area contributed by atoms with Gasteiger partial charge in [-0.2, -0.15) is 0 Å². The molecular weight excluding hydrogens is 426 g/mol. The third kappa shape index (κ3) is 80.1. The quantitative estimate of drug-likeness (QED) is 0.291. The van der Waals surface area contributed by atoms with Gasteiger partial charge in [0.25, 0.3) is 0 Å². The molecule has 0 aliphatic rings. The molecule has 0 aromatic rings. The van der Waals surface area contributed by atoms with Crippen molar-refractivity contribution in [3.05, 3.63) is 69.0 Å². The van der Waals surface area contributed by atoms with Crippen LogP contribution < -0.4 is 12.4 Å². The number of hydrogen-bond acceptors (Lipinski definition) is 3. The Morgan fingerprint density at radius 1 is 0.625 bits per heavy atom. The van der Waals surface area contributed by atoms with Gasteiger partial charge in [0.1, 0.15) is 11.6 Å². The van der Waals surface area contributed by atoms with E-state index in [1.165, 1.54) is 27.7 Å². The van der Waals surface area contributed by atoms with E-state index in [4.69, 9.17) is 5.73 Å². The molecule has 188 valence electrons. The largest absolute Gasteiger partial charge is 1.00 e. The van der Waals surface area contributed by atoms with E-state index >= 15 is 0 Å². The van der Waals surface area contributed by atoms with Gasteiger partial charge in [0.05, 0.1) is 60.3 Å². The Bertz CT molecular complexity index is 483. The fourth-order valence-electron chi connectivity index (χ4n) is 1.55. The van der Waals surface area contributed by atoms with Crippen molar-refractivity contribution in [1.82, 2.24) is 0 Å². The van der Waals surface area contributed by atoms with E-state index in [0.29, 0.717) is 0 Å². The summed E-state index contributed by atoms with van der Waals surface area (Å²) in [6.07, 6.45) is 8.68. The van der Waals surface area contributed by atoms with E-state index in [9.17, 15) is 14.4 Å². The highest BCUT2D eigenvalue weighted by Gasteiger charge is 2.08. The highest BCUT2D eigenvalue weighted by atomic mass is 35.5. The molecule has 0 spiro atoms. The van der Waals surface area contributed by atoms with E-state index in [-0.39, 0.29) is 24.0 Å². The normalized spacial score (nSPS) is 8.75. The number of rotatable bonds is 9. The number of nitrogens with one attached hydrogen (secondary N) is 1. The molecule has 0 saturated heterocycles. The third-order valence-corrected chi connectivity index (χ3v) is 2.68. The zero-order valence-corrected chi connectivity index (χ0v) is 22.5. The van der Waals surface area contributed by atoms with Crippen LogP contribution in [0.1, 0.15) is 27.7 Å². The number of Topliss-reactive ketones (excluding diaryl/α,β-unsaturated/α-hetero) is 2. The maximum absolute atomic E-state index is 9.44. The molecule has 0 atom stereocenters. The molecule has 0 aromatic heterocycles. The number of halogens is 1. The van der Waals surface area contributed by atoms with Crippen molar-refractivity contribution in [2.24, 2.45) is 0 Å². The van der Waals surface area contributed by atoms with Crippen LogP contribution in [0, 0.1) is 0 Å². The Labute approximate surface area is 204 Å². The van der Waals surface area contributed by atoms with Gasteiger partial charge in [-0.05, 0) is 58.1 Å². The first-order chi connectivity index (χ1) is 14.0. The van der Waals surface area contributed by atoms with Gasteiger partial charge < -0.3 is 41.5 Å². The van der Waals surface area contributed by atoms with Crippen molar-refractivity contribution in [3.63, 3.8) is 0 Å². The highest BCUT2D eigenvalue weighted by Crippen LogP contribution is 1.95. The molecule has 1 amide bonds. The summed E-state index contributed by atoms with van der Waals surface area (Å²) >= 11 is 0. The summed E-state index contributed by atoms with van der Waals surface area (Å²) in [7, 11) is 8.62. The van der Waals surface area contributed by atoms with Crippen LogP contribution in [0.3, 0.4) is 0 Å². The molecule has 0 heterocycles. The molecule has 0 fully saturated rings. The molecule has 7 heteroatoms. The highest BCUT2D eigenvalue weighted by molar-refractivity contribution is 5.93. The van der Waals surface area contributed by atoms with E-state index in [1.54, 1.807) is 0 Å². The molecule has 1 N–H and O–H groups in total. The molecular formula is C25H48ClN3O3.